The molecule has 11 heteroatoms. The van der Waals surface area contributed by atoms with Crippen LogP contribution >= 0.6 is 23.2 Å². The van der Waals surface area contributed by atoms with Crippen molar-refractivity contribution in [3.63, 3.8) is 0 Å². The van der Waals surface area contributed by atoms with E-state index in [1.54, 1.807) is 0 Å². The molecule has 206 valence electrons. The van der Waals surface area contributed by atoms with Crippen molar-refractivity contribution >= 4 is 35.0 Å². The van der Waals surface area contributed by atoms with E-state index in [-0.39, 0.29) is 24.1 Å². The Bertz CT molecular complexity index is 1140. The molecule has 4 rings (SSSR count). The van der Waals surface area contributed by atoms with Crippen LogP contribution in [0, 0.1) is 0 Å². The summed E-state index contributed by atoms with van der Waals surface area (Å²) in [6, 6.07) is 10.7. The molecule has 1 aliphatic carbocycles. The second kappa shape index (κ2) is 12.7. The zero-order chi connectivity index (χ0) is 27.3. The van der Waals surface area contributed by atoms with Gasteiger partial charge < -0.3 is 16.0 Å². The Morgan fingerprint density at radius 1 is 0.947 bits per heavy atom. The minimum Gasteiger partial charge on any atom is -0.350 e. The standard InChI is InChI=1S/C27H31Cl2F3N4O2/c28-23-9-4-17(12-24(23)29)14-33-20-5-7-22(8-6-20)36-11-10-21(16-36)35-25(37)15-34-26(38)18-2-1-3-19(13-18)27(30,31)32/h1-4,9,12-13,20-22,33H,5-8,10-11,14-16H2,(H,34,38)(H,35,37)/t20?,21-,22?/m1/s1. The molecule has 6 nitrogen and oxygen atoms in total. The van der Waals surface area contributed by atoms with Gasteiger partial charge in [0, 0.05) is 43.3 Å². The first-order valence-corrected chi connectivity index (χ1v) is 13.5. The summed E-state index contributed by atoms with van der Waals surface area (Å²) in [6.07, 6.45) is 0.578. The summed E-state index contributed by atoms with van der Waals surface area (Å²) in [5, 5.41) is 10.1. The highest BCUT2D eigenvalue weighted by atomic mass is 35.5. The van der Waals surface area contributed by atoms with E-state index in [0.717, 1.165) is 69.4 Å². The molecule has 1 saturated heterocycles. The van der Waals surface area contributed by atoms with Crippen LogP contribution in [0.1, 0.15) is 53.6 Å². The van der Waals surface area contributed by atoms with Crippen LogP contribution in [0.5, 0.6) is 0 Å². The summed E-state index contributed by atoms with van der Waals surface area (Å²) in [7, 11) is 0. The van der Waals surface area contributed by atoms with Crippen molar-refractivity contribution in [1.29, 1.82) is 0 Å². The normalized spacial score (nSPS) is 22.3. The van der Waals surface area contributed by atoms with Gasteiger partial charge in [-0.15, -0.1) is 0 Å². The van der Waals surface area contributed by atoms with E-state index < -0.39 is 17.6 Å². The third kappa shape index (κ3) is 7.85. The summed E-state index contributed by atoms with van der Waals surface area (Å²) < 4.78 is 38.6. The highest BCUT2D eigenvalue weighted by Gasteiger charge is 2.32. The van der Waals surface area contributed by atoms with Gasteiger partial charge in [-0.1, -0.05) is 35.3 Å². The molecule has 2 aromatic carbocycles. The van der Waals surface area contributed by atoms with Crippen molar-refractivity contribution in [2.75, 3.05) is 19.6 Å². The Hall–Kier alpha value is -2.33. The van der Waals surface area contributed by atoms with Gasteiger partial charge in [0.1, 0.15) is 0 Å². The molecule has 38 heavy (non-hydrogen) atoms. The number of nitrogens with one attached hydrogen (secondary N) is 3. The predicted molar refractivity (Wildman–Crippen MR) is 141 cm³/mol. The van der Waals surface area contributed by atoms with E-state index in [2.05, 4.69) is 20.9 Å². The van der Waals surface area contributed by atoms with Crippen molar-refractivity contribution in [3.8, 4) is 0 Å². The number of amides is 2. The largest absolute Gasteiger partial charge is 0.416 e. The van der Waals surface area contributed by atoms with Gasteiger partial charge in [-0.2, -0.15) is 13.2 Å². The average molecular weight is 571 g/mol. The first-order valence-electron chi connectivity index (χ1n) is 12.7. The first-order chi connectivity index (χ1) is 18.1. The fourth-order valence-corrected chi connectivity index (χ4v) is 5.49. The number of likely N-dealkylation sites (tertiary alicyclic amines) is 1. The third-order valence-electron chi connectivity index (χ3n) is 7.24. The number of alkyl halides is 3. The number of carbonyl (C=O) groups is 2. The van der Waals surface area contributed by atoms with Gasteiger partial charge in [0.25, 0.3) is 5.91 Å². The number of carbonyl (C=O) groups excluding carboxylic acids is 2. The monoisotopic (exact) mass is 570 g/mol. The van der Waals surface area contributed by atoms with Crippen molar-refractivity contribution < 1.29 is 22.8 Å². The lowest BCUT2D eigenvalue weighted by Gasteiger charge is -2.35. The second-order valence-electron chi connectivity index (χ2n) is 9.94. The zero-order valence-corrected chi connectivity index (χ0v) is 22.3. The molecule has 0 unspecified atom stereocenters. The van der Waals surface area contributed by atoms with Gasteiger partial charge in [-0.25, -0.2) is 0 Å². The van der Waals surface area contributed by atoms with E-state index in [0.29, 0.717) is 22.1 Å². The minimum absolute atomic E-state index is 0.0153. The molecule has 1 heterocycles. The summed E-state index contributed by atoms with van der Waals surface area (Å²) in [5.74, 6) is -1.07. The van der Waals surface area contributed by atoms with Crippen LogP contribution in [0.15, 0.2) is 42.5 Å². The van der Waals surface area contributed by atoms with Crippen molar-refractivity contribution in [2.24, 2.45) is 0 Å². The fourth-order valence-electron chi connectivity index (χ4n) is 5.17. The fraction of sp³-hybridized carbons (Fsp3) is 0.481. The smallest absolute Gasteiger partial charge is 0.350 e. The number of hydrogen-bond acceptors (Lipinski definition) is 4. The van der Waals surface area contributed by atoms with Gasteiger partial charge in [0.15, 0.2) is 0 Å². The van der Waals surface area contributed by atoms with Gasteiger partial charge in [-0.05, 0) is 68.0 Å². The molecule has 2 amide bonds. The Balaban J connectivity index is 1.15. The molecule has 0 radical (unpaired) electrons. The van der Waals surface area contributed by atoms with Crippen LogP contribution < -0.4 is 16.0 Å². The predicted octanol–water partition coefficient (Wildman–Crippen LogP) is 5.03. The molecule has 0 aromatic heterocycles. The molecule has 1 saturated carbocycles. The number of nitrogens with zero attached hydrogens (tertiary/aromatic N) is 1. The lowest BCUT2D eigenvalue weighted by molar-refractivity contribution is -0.137. The summed E-state index contributed by atoms with van der Waals surface area (Å²) in [5.41, 5.74) is 0.0596. The maximum atomic E-state index is 12.9. The van der Waals surface area contributed by atoms with Crippen LogP contribution in [-0.4, -0.2) is 54.5 Å². The second-order valence-corrected chi connectivity index (χ2v) is 10.8. The van der Waals surface area contributed by atoms with Gasteiger partial charge >= 0.3 is 6.18 Å². The lowest BCUT2D eigenvalue weighted by atomic mass is 9.90. The van der Waals surface area contributed by atoms with E-state index in [1.807, 2.05) is 18.2 Å². The van der Waals surface area contributed by atoms with Crippen LogP contribution in [0.2, 0.25) is 10.0 Å². The van der Waals surface area contributed by atoms with E-state index in [9.17, 15) is 22.8 Å². The Kier molecular flexibility index (Phi) is 9.57. The maximum Gasteiger partial charge on any atom is 0.416 e. The topological polar surface area (TPSA) is 73.5 Å². The van der Waals surface area contributed by atoms with Crippen LogP contribution in [0.4, 0.5) is 13.2 Å². The molecule has 0 bridgehead atoms. The minimum atomic E-state index is -4.54. The number of rotatable bonds is 8. The zero-order valence-electron chi connectivity index (χ0n) is 20.8. The Morgan fingerprint density at radius 3 is 2.42 bits per heavy atom. The molecule has 2 aromatic rings. The third-order valence-corrected chi connectivity index (χ3v) is 7.98. The molecular weight excluding hydrogens is 540 g/mol. The highest BCUT2D eigenvalue weighted by Crippen LogP contribution is 2.30. The summed E-state index contributed by atoms with van der Waals surface area (Å²) in [4.78, 5) is 27.0. The van der Waals surface area contributed by atoms with Crippen LogP contribution in [-0.2, 0) is 17.5 Å². The SMILES string of the molecule is O=C(CNC(=O)c1cccc(C(F)(F)F)c1)N[C@@H]1CCN(C2CCC(NCc3ccc(Cl)c(Cl)c3)CC2)C1. The summed E-state index contributed by atoms with van der Waals surface area (Å²) >= 11 is 12.1. The molecule has 2 fully saturated rings. The molecule has 0 spiro atoms. The number of benzene rings is 2. The molecule has 2 aliphatic rings. The van der Waals surface area contributed by atoms with Gasteiger partial charge in [-0.3, -0.25) is 14.5 Å². The highest BCUT2D eigenvalue weighted by molar-refractivity contribution is 6.42. The summed E-state index contributed by atoms with van der Waals surface area (Å²) in [6.45, 7) is 2.10. The van der Waals surface area contributed by atoms with E-state index in [1.165, 1.54) is 12.1 Å². The van der Waals surface area contributed by atoms with Crippen molar-refractivity contribution in [1.82, 2.24) is 20.9 Å². The lowest BCUT2D eigenvalue weighted by Crippen LogP contribution is -2.45. The van der Waals surface area contributed by atoms with E-state index >= 15 is 0 Å². The maximum absolute atomic E-state index is 12.9. The van der Waals surface area contributed by atoms with Crippen molar-refractivity contribution in [2.45, 2.75) is 63.0 Å². The van der Waals surface area contributed by atoms with Crippen LogP contribution in [0.25, 0.3) is 0 Å². The van der Waals surface area contributed by atoms with Crippen molar-refractivity contribution in [3.05, 3.63) is 69.2 Å². The Morgan fingerprint density at radius 2 is 1.71 bits per heavy atom. The van der Waals surface area contributed by atoms with Crippen LogP contribution in [0.3, 0.4) is 0 Å². The van der Waals surface area contributed by atoms with E-state index in [4.69, 9.17) is 23.2 Å². The average Bonchev–Trinajstić information content (AvgIpc) is 3.36. The van der Waals surface area contributed by atoms with Gasteiger partial charge in [0.2, 0.25) is 5.91 Å². The molecular formula is C27H31Cl2F3N4O2. The quantitative estimate of drug-likeness (QED) is 0.416. The Labute approximate surface area is 230 Å². The molecule has 1 aliphatic heterocycles. The molecule has 1 atom stereocenters. The van der Waals surface area contributed by atoms with Gasteiger partial charge in [0.05, 0.1) is 22.2 Å². The first kappa shape index (κ1) is 28.7. The number of halogens is 5. The molecule has 3 N–H and O–H groups in total. The number of hydrogen-bond donors (Lipinski definition) is 3.